The summed E-state index contributed by atoms with van der Waals surface area (Å²) in [5.74, 6) is -0.785. The second kappa shape index (κ2) is 6.74. The lowest BCUT2D eigenvalue weighted by Gasteiger charge is -2.63. The maximum Gasteiger partial charge on any atom is 0.319 e. The van der Waals surface area contributed by atoms with Crippen LogP contribution in [0.2, 0.25) is 0 Å². The van der Waals surface area contributed by atoms with E-state index in [4.69, 9.17) is 4.74 Å². The van der Waals surface area contributed by atoms with Crippen LogP contribution in [0.1, 0.15) is 59.3 Å². The van der Waals surface area contributed by atoms with Gasteiger partial charge in [0.15, 0.2) is 0 Å². The molecule has 0 radical (unpaired) electrons. The molecule has 0 aromatic rings. The summed E-state index contributed by atoms with van der Waals surface area (Å²) >= 11 is 0. The van der Waals surface area contributed by atoms with Crippen LogP contribution in [0.3, 0.4) is 0 Å². The van der Waals surface area contributed by atoms with E-state index in [1.807, 2.05) is 0 Å². The number of hydrogen-bond acceptors (Lipinski definition) is 5. The van der Waals surface area contributed by atoms with Gasteiger partial charge < -0.3 is 9.84 Å². The molecule has 5 heteroatoms. The van der Waals surface area contributed by atoms with Gasteiger partial charge in [-0.05, 0) is 63.2 Å². The summed E-state index contributed by atoms with van der Waals surface area (Å²) in [7, 11) is 0. The summed E-state index contributed by atoms with van der Waals surface area (Å²) in [6, 6.07) is 2.58. The van der Waals surface area contributed by atoms with Crippen LogP contribution in [-0.4, -0.2) is 30.1 Å². The normalized spacial score (nSPS) is 44.0. The van der Waals surface area contributed by atoms with Gasteiger partial charge in [0.2, 0.25) is 0 Å². The lowest BCUT2D eigenvalue weighted by atomic mass is 9.39. The molecule has 0 aliphatic heterocycles. The van der Waals surface area contributed by atoms with Crippen molar-refractivity contribution < 1.29 is 19.4 Å². The van der Waals surface area contributed by atoms with Gasteiger partial charge in [0.1, 0.15) is 11.2 Å². The first-order valence-electron chi connectivity index (χ1n) is 10.1. The average Bonchev–Trinajstić information content (AvgIpc) is 2.64. The van der Waals surface area contributed by atoms with Gasteiger partial charge in [-0.1, -0.05) is 19.1 Å². The molecule has 0 aromatic heterocycles. The molecule has 0 aromatic carbocycles. The number of carbonyl (C=O) groups excluding carboxylic acids is 2. The standard InChI is InChI=1S/C22H31NO4/c1-5-27-19(26)21(4)16-8-11-22(13-23)15(12-24)14(2)6-7-17(22)20(16,3)10-9-18(21)25/h15-17,24H,2,5-12H2,1,3-4H3/t15-,16-,17-,20+,21-,22-/m0/s1. The van der Waals surface area contributed by atoms with Crippen molar-refractivity contribution in [3.05, 3.63) is 12.2 Å². The smallest absolute Gasteiger partial charge is 0.319 e. The second-order valence-electron chi connectivity index (χ2n) is 9.08. The summed E-state index contributed by atoms with van der Waals surface area (Å²) in [5.41, 5.74) is -1.16. The molecule has 0 saturated heterocycles. The number of nitriles is 1. The van der Waals surface area contributed by atoms with Gasteiger partial charge in [-0.25, -0.2) is 0 Å². The van der Waals surface area contributed by atoms with E-state index < -0.39 is 16.8 Å². The molecule has 0 spiro atoms. The number of nitrogens with zero attached hydrogens (tertiary/aromatic N) is 1. The van der Waals surface area contributed by atoms with E-state index in [2.05, 4.69) is 19.6 Å². The topological polar surface area (TPSA) is 87.4 Å². The predicted octanol–water partition coefficient (Wildman–Crippen LogP) is 3.42. The van der Waals surface area contributed by atoms with E-state index in [0.29, 0.717) is 25.7 Å². The van der Waals surface area contributed by atoms with E-state index in [0.717, 1.165) is 18.4 Å². The van der Waals surface area contributed by atoms with Crippen LogP contribution in [0.5, 0.6) is 0 Å². The highest BCUT2D eigenvalue weighted by atomic mass is 16.5. The Morgan fingerprint density at radius 3 is 2.59 bits per heavy atom. The lowest BCUT2D eigenvalue weighted by molar-refractivity contribution is -0.187. The number of carbonyl (C=O) groups is 2. The number of hydrogen-bond donors (Lipinski definition) is 1. The third-order valence-corrected chi connectivity index (χ3v) is 8.19. The van der Waals surface area contributed by atoms with Crippen molar-refractivity contribution in [2.45, 2.75) is 59.3 Å². The molecule has 0 heterocycles. The maximum absolute atomic E-state index is 12.9. The van der Waals surface area contributed by atoms with Crippen molar-refractivity contribution in [3.63, 3.8) is 0 Å². The molecule has 3 aliphatic carbocycles. The van der Waals surface area contributed by atoms with Crippen molar-refractivity contribution in [2.75, 3.05) is 13.2 Å². The van der Waals surface area contributed by atoms with Crippen LogP contribution in [0.4, 0.5) is 0 Å². The van der Waals surface area contributed by atoms with E-state index >= 15 is 0 Å². The van der Waals surface area contributed by atoms with Gasteiger partial charge in [0, 0.05) is 12.3 Å². The monoisotopic (exact) mass is 373 g/mol. The quantitative estimate of drug-likeness (QED) is 0.465. The zero-order valence-electron chi connectivity index (χ0n) is 16.7. The average molecular weight is 373 g/mol. The Kier molecular flexibility index (Phi) is 5.01. The number of aliphatic hydroxyl groups is 1. The van der Waals surface area contributed by atoms with Gasteiger partial charge in [0.05, 0.1) is 24.7 Å². The molecule has 0 amide bonds. The van der Waals surface area contributed by atoms with Crippen molar-refractivity contribution in [1.82, 2.24) is 0 Å². The third-order valence-electron chi connectivity index (χ3n) is 8.19. The minimum absolute atomic E-state index is 0.0354. The van der Waals surface area contributed by atoms with Gasteiger partial charge in [-0.15, -0.1) is 0 Å². The van der Waals surface area contributed by atoms with Crippen molar-refractivity contribution >= 4 is 11.8 Å². The molecule has 0 bridgehead atoms. The Balaban J connectivity index is 2.08. The number of aliphatic hydroxyl groups excluding tert-OH is 1. The molecule has 148 valence electrons. The van der Waals surface area contributed by atoms with Crippen molar-refractivity contribution in [3.8, 4) is 6.07 Å². The van der Waals surface area contributed by atoms with Gasteiger partial charge in [-0.2, -0.15) is 5.26 Å². The van der Waals surface area contributed by atoms with Gasteiger partial charge in [0.25, 0.3) is 0 Å². The Labute approximate surface area is 161 Å². The molecule has 3 fully saturated rings. The summed E-state index contributed by atoms with van der Waals surface area (Å²) in [4.78, 5) is 25.7. The highest BCUT2D eigenvalue weighted by Crippen LogP contribution is 2.68. The summed E-state index contributed by atoms with van der Waals surface area (Å²) < 4.78 is 5.32. The van der Waals surface area contributed by atoms with Crippen LogP contribution in [0, 0.1) is 45.3 Å². The minimum Gasteiger partial charge on any atom is -0.465 e. The maximum atomic E-state index is 12.9. The largest absolute Gasteiger partial charge is 0.465 e. The van der Waals surface area contributed by atoms with Gasteiger partial charge in [-0.3, -0.25) is 9.59 Å². The summed E-state index contributed by atoms with van der Waals surface area (Å²) in [6.07, 6.45) is 3.83. The highest BCUT2D eigenvalue weighted by molar-refractivity contribution is 6.04. The number of ketones is 1. The first kappa shape index (κ1) is 20.1. The second-order valence-corrected chi connectivity index (χ2v) is 9.08. The first-order chi connectivity index (χ1) is 12.7. The lowest BCUT2D eigenvalue weighted by Crippen LogP contribution is -2.63. The SMILES string of the molecule is C=C1CC[C@H]2[C@]3(C)CCC(=O)[C@@](C)(C(=O)OCC)[C@H]3CC[C@]2(C#N)[C@H]1CO. The first-order valence-corrected chi connectivity index (χ1v) is 10.1. The summed E-state index contributed by atoms with van der Waals surface area (Å²) in [6.45, 7) is 9.97. The summed E-state index contributed by atoms with van der Waals surface area (Å²) in [5, 5.41) is 20.3. The van der Waals surface area contributed by atoms with Crippen molar-refractivity contribution in [2.24, 2.45) is 34.0 Å². The van der Waals surface area contributed by atoms with Crippen molar-refractivity contribution in [1.29, 1.82) is 5.26 Å². The molecule has 1 N–H and O–H groups in total. The highest BCUT2D eigenvalue weighted by Gasteiger charge is 2.67. The van der Waals surface area contributed by atoms with Gasteiger partial charge >= 0.3 is 5.97 Å². The van der Waals surface area contributed by atoms with E-state index in [-0.39, 0.29) is 42.2 Å². The fourth-order valence-electron chi connectivity index (χ4n) is 6.77. The van der Waals surface area contributed by atoms with Crippen LogP contribution in [0.25, 0.3) is 0 Å². The zero-order valence-corrected chi connectivity index (χ0v) is 16.7. The fraction of sp³-hybridized carbons (Fsp3) is 0.773. The van der Waals surface area contributed by atoms with E-state index in [1.54, 1.807) is 13.8 Å². The molecular formula is C22H31NO4. The molecule has 0 unspecified atom stereocenters. The van der Waals surface area contributed by atoms with Crippen LogP contribution in [-0.2, 0) is 14.3 Å². The molecule has 27 heavy (non-hydrogen) atoms. The van der Waals surface area contributed by atoms with E-state index in [9.17, 15) is 20.0 Å². The Morgan fingerprint density at radius 1 is 1.30 bits per heavy atom. The number of ether oxygens (including phenoxy) is 1. The third kappa shape index (κ3) is 2.52. The number of fused-ring (bicyclic) bond motifs is 3. The Bertz CT molecular complexity index is 710. The molecule has 3 rings (SSSR count). The molecular weight excluding hydrogens is 342 g/mol. The molecule has 3 aliphatic rings. The zero-order chi connectivity index (χ0) is 20.0. The van der Waals surface area contributed by atoms with Crippen LogP contribution in [0.15, 0.2) is 12.2 Å². The molecule has 6 atom stereocenters. The molecule has 5 nitrogen and oxygen atoms in total. The molecule has 3 saturated carbocycles. The number of esters is 1. The van der Waals surface area contributed by atoms with Crippen LogP contribution < -0.4 is 0 Å². The minimum atomic E-state index is -1.15. The predicted molar refractivity (Wildman–Crippen MR) is 100 cm³/mol. The fourth-order valence-corrected chi connectivity index (χ4v) is 6.77. The Morgan fingerprint density at radius 2 is 2.00 bits per heavy atom. The Hall–Kier alpha value is -1.67. The van der Waals surface area contributed by atoms with Crippen LogP contribution >= 0.6 is 0 Å². The number of rotatable bonds is 3. The van der Waals surface area contributed by atoms with E-state index in [1.165, 1.54) is 0 Å². The number of Topliss-reactive ketones (excluding diaryl/α,β-unsaturated/α-hetero) is 1.